The van der Waals surface area contributed by atoms with Crippen LogP contribution >= 0.6 is 11.3 Å². The van der Waals surface area contributed by atoms with Gasteiger partial charge in [0, 0.05) is 13.1 Å². The molecule has 6 nitrogen and oxygen atoms in total. The van der Waals surface area contributed by atoms with Crippen LogP contribution < -0.4 is 4.90 Å². The molecule has 0 aromatic carbocycles. The molecule has 0 atom stereocenters. The van der Waals surface area contributed by atoms with E-state index in [0.29, 0.717) is 24.6 Å². The summed E-state index contributed by atoms with van der Waals surface area (Å²) in [6.07, 6.45) is 1.64. The summed E-state index contributed by atoms with van der Waals surface area (Å²) in [4.78, 5) is 15.8. The summed E-state index contributed by atoms with van der Waals surface area (Å²) in [6, 6.07) is 2.03. The van der Waals surface area contributed by atoms with Crippen LogP contribution in [0.2, 0.25) is 0 Å². The van der Waals surface area contributed by atoms with Gasteiger partial charge in [-0.15, -0.1) is 0 Å². The van der Waals surface area contributed by atoms with Crippen LogP contribution in [-0.4, -0.2) is 23.0 Å². The Morgan fingerprint density at radius 1 is 1.80 bits per heavy atom. The van der Waals surface area contributed by atoms with E-state index in [9.17, 15) is 10.1 Å². The largest absolute Gasteiger partial charge is 0.347 e. The minimum absolute atomic E-state index is 0.0282. The fraction of sp³-hybridized carbons (Fsp3) is 0.500. The highest BCUT2D eigenvalue weighted by molar-refractivity contribution is 7.18. The molecule has 0 aliphatic rings. The first-order valence-corrected chi connectivity index (χ1v) is 5.22. The van der Waals surface area contributed by atoms with Gasteiger partial charge in [0.2, 0.25) is 0 Å². The van der Waals surface area contributed by atoms with E-state index in [1.165, 1.54) is 6.20 Å². The molecule has 0 saturated heterocycles. The molecule has 7 heteroatoms. The molecule has 1 aromatic rings. The van der Waals surface area contributed by atoms with E-state index in [4.69, 9.17) is 5.26 Å². The van der Waals surface area contributed by atoms with Gasteiger partial charge in [-0.25, -0.2) is 4.98 Å². The Kier molecular flexibility index (Phi) is 4.00. The molecule has 0 amide bonds. The van der Waals surface area contributed by atoms with E-state index in [0.717, 1.165) is 11.3 Å². The summed E-state index contributed by atoms with van der Waals surface area (Å²) < 4.78 is 0. The molecule has 80 valence electrons. The number of thiazole rings is 1. The van der Waals surface area contributed by atoms with Crippen molar-refractivity contribution in [2.24, 2.45) is 0 Å². The number of hydrogen-bond acceptors (Lipinski definition) is 6. The van der Waals surface area contributed by atoms with Crippen molar-refractivity contribution in [2.75, 3.05) is 18.0 Å². The van der Waals surface area contributed by atoms with Crippen molar-refractivity contribution in [2.45, 2.75) is 13.3 Å². The van der Waals surface area contributed by atoms with Gasteiger partial charge in [-0.2, -0.15) is 5.26 Å². The Balaban J connectivity index is 2.74. The number of hydrogen-bond donors (Lipinski definition) is 0. The number of aromatic nitrogens is 1. The average molecular weight is 226 g/mol. The standard InChI is InChI=1S/C8H10N4O2S/c1-2-11(5-3-4-9)8-10-6-7(15-8)12(13)14/h6H,2-3,5H2,1H3. The lowest BCUT2D eigenvalue weighted by molar-refractivity contribution is -0.380. The second-order valence-corrected chi connectivity index (χ2v) is 3.71. The number of nitriles is 1. The molecular formula is C8H10N4O2S. The zero-order chi connectivity index (χ0) is 11.3. The topological polar surface area (TPSA) is 83.1 Å². The summed E-state index contributed by atoms with van der Waals surface area (Å²) in [5.74, 6) is 0. The highest BCUT2D eigenvalue weighted by Crippen LogP contribution is 2.27. The summed E-state index contributed by atoms with van der Waals surface area (Å²) in [7, 11) is 0. The third-order valence-electron chi connectivity index (χ3n) is 1.81. The van der Waals surface area contributed by atoms with Crippen molar-refractivity contribution in [3.63, 3.8) is 0 Å². The van der Waals surface area contributed by atoms with Crippen LogP contribution in [-0.2, 0) is 0 Å². The Bertz CT molecular complexity index is 384. The van der Waals surface area contributed by atoms with Crippen LogP contribution in [0.4, 0.5) is 10.1 Å². The SMILES string of the molecule is CCN(CCC#N)c1ncc([N+](=O)[O-])s1. The number of nitro groups is 1. The van der Waals surface area contributed by atoms with Gasteiger partial charge in [-0.1, -0.05) is 0 Å². The fourth-order valence-corrected chi connectivity index (χ4v) is 1.88. The van der Waals surface area contributed by atoms with Crippen molar-refractivity contribution >= 4 is 21.5 Å². The van der Waals surface area contributed by atoms with Gasteiger partial charge < -0.3 is 4.90 Å². The predicted octanol–water partition coefficient (Wildman–Crippen LogP) is 1.79. The lowest BCUT2D eigenvalue weighted by atomic mass is 10.4. The first kappa shape index (κ1) is 11.4. The Labute approximate surface area is 90.9 Å². The van der Waals surface area contributed by atoms with Gasteiger partial charge >= 0.3 is 5.00 Å². The molecule has 0 aliphatic heterocycles. The average Bonchev–Trinajstić information content (AvgIpc) is 2.68. The van der Waals surface area contributed by atoms with Crippen LogP contribution in [0.15, 0.2) is 6.20 Å². The zero-order valence-electron chi connectivity index (χ0n) is 8.21. The van der Waals surface area contributed by atoms with Gasteiger partial charge in [0.1, 0.15) is 6.20 Å². The monoisotopic (exact) mass is 226 g/mol. The molecule has 0 radical (unpaired) electrons. The van der Waals surface area contributed by atoms with Gasteiger partial charge in [0.15, 0.2) is 5.13 Å². The predicted molar refractivity (Wildman–Crippen MR) is 56.9 cm³/mol. The van der Waals surface area contributed by atoms with Gasteiger partial charge in [0.05, 0.1) is 17.4 Å². The van der Waals surface area contributed by atoms with Crippen LogP contribution in [0.5, 0.6) is 0 Å². The van der Waals surface area contributed by atoms with Crippen molar-refractivity contribution in [1.82, 2.24) is 4.98 Å². The van der Waals surface area contributed by atoms with Crippen LogP contribution in [0, 0.1) is 21.4 Å². The van der Waals surface area contributed by atoms with E-state index >= 15 is 0 Å². The molecule has 0 bridgehead atoms. The van der Waals surface area contributed by atoms with Crippen molar-refractivity contribution < 1.29 is 4.92 Å². The Hall–Kier alpha value is -1.68. The lowest BCUT2D eigenvalue weighted by Crippen LogP contribution is -2.23. The van der Waals surface area contributed by atoms with E-state index in [1.54, 1.807) is 0 Å². The molecule has 0 unspecified atom stereocenters. The summed E-state index contributed by atoms with van der Waals surface area (Å²) in [5, 5.41) is 19.5. The van der Waals surface area contributed by atoms with Crippen molar-refractivity contribution in [3.05, 3.63) is 16.3 Å². The van der Waals surface area contributed by atoms with Crippen molar-refractivity contribution in [3.8, 4) is 6.07 Å². The van der Waals surface area contributed by atoms with Crippen LogP contribution in [0.3, 0.4) is 0 Å². The number of nitrogens with zero attached hydrogens (tertiary/aromatic N) is 4. The van der Waals surface area contributed by atoms with E-state index in [1.807, 2.05) is 17.9 Å². The van der Waals surface area contributed by atoms with Gasteiger partial charge in [0.25, 0.3) is 0 Å². The maximum absolute atomic E-state index is 10.4. The van der Waals surface area contributed by atoms with E-state index in [2.05, 4.69) is 4.98 Å². The third-order valence-corrected chi connectivity index (χ3v) is 2.82. The summed E-state index contributed by atoms with van der Waals surface area (Å²) >= 11 is 1.03. The molecule has 1 rings (SSSR count). The molecule has 0 aliphatic carbocycles. The highest BCUT2D eigenvalue weighted by Gasteiger charge is 2.15. The van der Waals surface area contributed by atoms with Crippen LogP contribution in [0.1, 0.15) is 13.3 Å². The first-order chi connectivity index (χ1) is 7.19. The Morgan fingerprint density at radius 2 is 2.53 bits per heavy atom. The minimum atomic E-state index is -0.459. The van der Waals surface area contributed by atoms with Gasteiger partial charge in [-0.3, -0.25) is 10.1 Å². The molecular weight excluding hydrogens is 216 g/mol. The molecule has 0 fully saturated rings. The molecule has 0 spiro atoms. The Morgan fingerprint density at radius 3 is 3.00 bits per heavy atom. The zero-order valence-corrected chi connectivity index (χ0v) is 9.03. The second kappa shape index (κ2) is 5.26. The second-order valence-electron chi connectivity index (χ2n) is 2.73. The quantitative estimate of drug-likeness (QED) is 0.564. The number of rotatable bonds is 5. The highest BCUT2D eigenvalue weighted by atomic mass is 32.1. The van der Waals surface area contributed by atoms with E-state index in [-0.39, 0.29) is 5.00 Å². The maximum Gasteiger partial charge on any atom is 0.345 e. The van der Waals surface area contributed by atoms with Crippen molar-refractivity contribution in [1.29, 1.82) is 5.26 Å². The molecule has 0 saturated carbocycles. The number of anilines is 1. The molecule has 1 aromatic heterocycles. The summed E-state index contributed by atoms with van der Waals surface area (Å²) in [5.41, 5.74) is 0. The summed E-state index contributed by atoms with van der Waals surface area (Å²) in [6.45, 7) is 3.16. The maximum atomic E-state index is 10.4. The van der Waals surface area contributed by atoms with Gasteiger partial charge in [-0.05, 0) is 18.3 Å². The minimum Gasteiger partial charge on any atom is -0.347 e. The fourth-order valence-electron chi connectivity index (χ4n) is 1.06. The third kappa shape index (κ3) is 2.89. The lowest BCUT2D eigenvalue weighted by Gasteiger charge is -2.16. The van der Waals surface area contributed by atoms with E-state index < -0.39 is 4.92 Å². The first-order valence-electron chi connectivity index (χ1n) is 4.41. The smallest absolute Gasteiger partial charge is 0.345 e. The van der Waals surface area contributed by atoms with Crippen LogP contribution in [0.25, 0.3) is 0 Å². The normalized spacial score (nSPS) is 9.60. The molecule has 0 N–H and O–H groups in total. The molecule has 15 heavy (non-hydrogen) atoms. The molecule has 1 heterocycles.